The fourth-order valence-corrected chi connectivity index (χ4v) is 5.56. The molecule has 1 aromatic carbocycles. The van der Waals surface area contributed by atoms with Crippen molar-refractivity contribution in [1.82, 2.24) is 0 Å². The molecule has 1 saturated carbocycles. The largest absolute Gasteiger partial charge is 0.384 e. The molecule has 0 bridgehead atoms. The van der Waals surface area contributed by atoms with E-state index in [1.54, 1.807) is 14.0 Å². The van der Waals surface area contributed by atoms with Gasteiger partial charge in [-0.25, -0.2) is 8.42 Å². The first-order valence-corrected chi connectivity index (χ1v) is 9.17. The van der Waals surface area contributed by atoms with E-state index in [4.69, 9.17) is 10.5 Å². The fourth-order valence-electron chi connectivity index (χ4n) is 3.41. The Morgan fingerprint density at radius 1 is 1.24 bits per heavy atom. The minimum absolute atomic E-state index is 0.0571. The number of methoxy groups -OCH3 is 1. The molecule has 0 aliphatic heterocycles. The van der Waals surface area contributed by atoms with Gasteiger partial charge in [0.05, 0.1) is 11.9 Å². The van der Waals surface area contributed by atoms with Gasteiger partial charge in [0.2, 0.25) is 0 Å². The highest BCUT2D eigenvalue weighted by molar-refractivity contribution is 7.92. The molecule has 3 atom stereocenters. The molecule has 1 aromatic rings. The van der Waals surface area contributed by atoms with Crippen molar-refractivity contribution >= 4 is 9.84 Å². The topological polar surface area (TPSA) is 69.4 Å². The highest BCUT2D eigenvalue weighted by Gasteiger charge is 2.69. The predicted octanol–water partition coefficient (Wildman–Crippen LogP) is 1.74. The summed E-state index contributed by atoms with van der Waals surface area (Å²) in [5, 5.41) is -0.424. The van der Waals surface area contributed by atoms with Gasteiger partial charge in [0.1, 0.15) is 0 Å². The standard InChI is InChI=1S/C16H25NO3S/c1-4-12-6-8-13(9-7-12)14-15(21(18,19)5-2)16(14,10-17)11-20-3/h6-9,14-15H,4-5,10-11,17H2,1-3H3/t14-,15+,16-/m1/s1. The molecule has 0 aromatic heterocycles. The average molecular weight is 311 g/mol. The number of hydrogen-bond acceptors (Lipinski definition) is 4. The van der Waals surface area contributed by atoms with Crippen LogP contribution in [-0.4, -0.2) is 39.7 Å². The number of hydrogen-bond donors (Lipinski definition) is 1. The number of nitrogens with two attached hydrogens (primary N) is 1. The number of rotatable bonds is 7. The molecule has 0 heterocycles. The molecule has 1 aliphatic carbocycles. The van der Waals surface area contributed by atoms with E-state index in [1.807, 2.05) is 12.1 Å². The lowest BCUT2D eigenvalue weighted by molar-refractivity contribution is 0.142. The van der Waals surface area contributed by atoms with Crippen molar-refractivity contribution in [3.8, 4) is 0 Å². The van der Waals surface area contributed by atoms with Crippen LogP contribution in [0.15, 0.2) is 24.3 Å². The second-order valence-electron chi connectivity index (χ2n) is 5.82. The van der Waals surface area contributed by atoms with Crippen LogP contribution in [0.3, 0.4) is 0 Å². The Hall–Kier alpha value is -0.910. The lowest BCUT2D eigenvalue weighted by Gasteiger charge is -2.14. The van der Waals surface area contributed by atoms with E-state index >= 15 is 0 Å². The summed E-state index contributed by atoms with van der Waals surface area (Å²) < 4.78 is 30.1. The van der Waals surface area contributed by atoms with E-state index in [1.165, 1.54) is 5.56 Å². The van der Waals surface area contributed by atoms with Gasteiger partial charge in [-0.15, -0.1) is 0 Å². The molecule has 0 spiro atoms. The number of benzene rings is 1. The van der Waals surface area contributed by atoms with Crippen molar-refractivity contribution in [3.63, 3.8) is 0 Å². The average Bonchev–Trinajstić information content (AvgIpc) is 3.18. The maximum Gasteiger partial charge on any atom is 0.154 e. The molecule has 5 heteroatoms. The maximum absolute atomic E-state index is 12.4. The third-order valence-electron chi connectivity index (χ3n) is 4.71. The normalized spacial score (nSPS) is 28.6. The van der Waals surface area contributed by atoms with Crippen LogP contribution < -0.4 is 5.73 Å². The number of sulfone groups is 1. The Balaban J connectivity index is 2.39. The third-order valence-corrected chi connectivity index (χ3v) is 7.03. The van der Waals surface area contributed by atoms with E-state index < -0.39 is 20.5 Å². The Morgan fingerprint density at radius 2 is 1.86 bits per heavy atom. The first-order valence-electron chi connectivity index (χ1n) is 7.46. The van der Waals surface area contributed by atoms with Crippen molar-refractivity contribution in [3.05, 3.63) is 35.4 Å². The molecule has 0 radical (unpaired) electrons. The maximum atomic E-state index is 12.4. The second kappa shape index (κ2) is 6.07. The smallest absolute Gasteiger partial charge is 0.154 e. The Morgan fingerprint density at radius 3 is 2.29 bits per heavy atom. The molecule has 2 rings (SSSR count). The van der Waals surface area contributed by atoms with Gasteiger partial charge in [-0.1, -0.05) is 38.1 Å². The van der Waals surface area contributed by atoms with E-state index in [0.29, 0.717) is 13.2 Å². The van der Waals surface area contributed by atoms with Gasteiger partial charge in [-0.2, -0.15) is 0 Å². The number of ether oxygens (including phenoxy) is 1. The monoisotopic (exact) mass is 311 g/mol. The summed E-state index contributed by atoms with van der Waals surface area (Å²) in [6.45, 7) is 4.50. The van der Waals surface area contributed by atoms with Gasteiger partial charge in [-0.3, -0.25) is 0 Å². The summed E-state index contributed by atoms with van der Waals surface area (Å²) in [5.74, 6) is 0.0884. The fraction of sp³-hybridized carbons (Fsp3) is 0.625. The zero-order chi connectivity index (χ0) is 15.7. The highest BCUT2D eigenvalue weighted by atomic mass is 32.2. The summed E-state index contributed by atoms with van der Waals surface area (Å²) in [4.78, 5) is 0. The third kappa shape index (κ3) is 2.74. The molecule has 1 fully saturated rings. The van der Waals surface area contributed by atoms with Crippen LogP contribution in [0.4, 0.5) is 0 Å². The van der Waals surface area contributed by atoms with E-state index in [2.05, 4.69) is 19.1 Å². The molecule has 0 unspecified atom stereocenters. The molecule has 4 nitrogen and oxygen atoms in total. The first kappa shape index (κ1) is 16.5. The Bertz CT molecular complexity index is 582. The molecule has 0 saturated heterocycles. The van der Waals surface area contributed by atoms with Crippen LogP contribution >= 0.6 is 0 Å². The van der Waals surface area contributed by atoms with E-state index in [9.17, 15) is 8.42 Å². The van der Waals surface area contributed by atoms with Crippen LogP contribution in [0.5, 0.6) is 0 Å². The van der Waals surface area contributed by atoms with Crippen LogP contribution in [0.1, 0.15) is 30.9 Å². The van der Waals surface area contributed by atoms with Crippen LogP contribution in [0, 0.1) is 5.41 Å². The molecular formula is C16H25NO3S. The minimum atomic E-state index is -3.14. The highest BCUT2D eigenvalue weighted by Crippen LogP contribution is 2.62. The van der Waals surface area contributed by atoms with Crippen molar-refractivity contribution < 1.29 is 13.2 Å². The number of aryl methyl sites for hydroxylation is 1. The Kier molecular flexibility index (Phi) is 4.76. The molecular weight excluding hydrogens is 286 g/mol. The summed E-state index contributed by atoms with van der Waals surface area (Å²) in [5.41, 5.74) is 7.76. The Labute approximate surface area is 127 Å². The first-order chi connectivity index (χ1) is 9.96. The van der Waals surface area contributed by atoms with Crippen molar-refractivity contribution in [1.29, 1.82) is 0 Å². The summed E-state index contributed by atoms with van der Waals surface area (Å²) in [6, 6.07) is 8.21. The summed E-state index contributed by atoms with van der Waals surface area (Å²) >= 11 is 0. The minimum Gasteiger partial charge on any atom is -0.384 e. The van der Waals surface area contributed by atoms with Gasteiger partial charge in [0.15, 0.2) is 9.84 Å². The van der Waals surface area contributed by atoms with E-state index in [0.717, 1.165) is 12.0 Å². The molecule has 21 heavy (non-hydrogen) atoms. The summed E-state index contributed by atoms with van der Waals surface area (Å²) in [7, 11) is -1.54. The molecule has 2 N–H and O–H groups in total. The second-order valence-corrected chi connectivity index (χ2v) is 8.23. The van der Waals surface area contributed by atoms with E-state index in [-0.39, 0.29) is 11.7 Å². The van der Waals surface area contributed by atoms with Crippen LogP contribution in [-0.2, 0) is 21.0 Å². The zero-order valence-corrected chi connectivity index (χ0v) is 13.8. The lowest BCUT2D eigenvalue weighted by atomic mass is 9.99. The quantitative estimate of drug-likeness (QED) is 0.833. The molecule has 118 valence electrons. The van der Waals surface area contributed by atoms with Gasteiger partial charge >= 0.3 is 0 Å². The van der Waals surface area contributed by atoms with Gasteiger partial charge < -0.3 is 10.5 Å². The van der Waals surface area contributed by atoms with Gasteiger partial charge in [-0.05, 0) is 17.5 Å². The van der Waals surface area contributed by atoms with Gasteiger partial charge in [0.25, 0.3) is 0 Å². The van der Waals surface area contributed by atoms with Crippen LogP contribution in [0.25, 0.3) is 0 Å². The predicted molar refractivity (Wildman–Crippen MR) is 85.2 cm³/mol. The van der Waals surface area contributed by atoms with Crippen molar-refractivity contribution in [2.45, 2.75) is 31.4 Å². The molecule has 1 aliphatic rings. The van der Waals surface area contributed by atoms with Crippen molar-refractivity contribution in [2.24, 2.45) is 11.1 Å². The summed E-state index contributed by atoms with van der Waals surface area (Å²) in [6.07, 6.45) is 0.974. The van der Waals surface area contributed by atoms with Crippen LogP contribution in [0.2, 0.25) is 0 Å². The zero-order valence-electron chi connectivity index (χ0n) is 13.0. The lowest BCUT2D eigenvalue weighted by Crippen LogP contribution is -2.28. The van der Waals surface area contributed by atoms with Gasteiger partial charge in [0, 0.05) is 30.7 Å². The SMILES string of the molecule is CCc1ccc([C@@H]2[C@H](S(=O)(=O)CC)[C@]2(CN)COC)cc1. The molecule has 0 amide bonds. The van der Waals surface area contributed by atoms with Crippen molar-refractivity contribution in [2.75, 3.05) is 26.0 Å².